The number of hydrogen-bond donors (Lipinski definition) is 0. The van der Waals surface area contributed by atoms with Gasteiger partial charge in [0, 0.05) is 51.5 Å². The molecule has 0 fully saturated rings. The molecule has 34 heavy (non-hydrogen) atoms. The first-order chi connectivity index (χ1) is 16.2. The third-order valence-electron chi connectivity index (χ3n) is 6.29. The molecule has 0 amide bonds. The number of nitrogens with zero attached hydrogens (tertiary/aromatic N) is 3. The molecular weight excluding hydrogens is 449 g/mol. The second-order valence-corrected chi connectivity index (χ2v) is 10.3. The van der Waals surface area contributed by atoms with Crippen molar-refractivity contribution < 1.29 is 9.31 Å². The fourth-order valence-corrected chi connectivity index (χ4v) is 5.55. The van der Waals surface area contributed by atoms with E-state index in [9.17, 15) is 14.5 Å². The summed E-state index contributed by atoms with van der Waals surface area (Å²) in [7, 11) is 0. The van der Waals surface area contributed by atoms with Crippen LogP contribution in [0.15, 0.2) is 75.4 Å². The number of hydrogen-bond acceptors (Lipinski definition) is 5. The van der Waals surface area contributed by atoms with Crippen LogP contribution in [-0.4, -0.2) is 23.2 Å². The van der Waals surface area contributed by atoms with Crippen LogP contribution in [0.1, 0.15) is 51.2 Å². The zero-order chi connectivity index (χ0) is 24.5. The molecular formula is C27H28FN3O2S. The van der Waals surface area contributed by atoms with Gasteiger partial charge in [-0.25, -0.2) is 4.39 Å². The van der Waals surface area contributed by atoms with Crippen molar-refractivity contribution in [2.24, 2.45) is 4.99 Å². The molecule has 176 valence electrons. The van der Waals surface area contributed by atoms with E-state index < -0.39 is 4.92 Å². The molecule has 1 aliphatic rings. The van der Waals surface area contributed by atoms with Crippen molar-refractivity contribution in [3.63, 3.8) is 0 Å². The molecule has 1 heterocycles. The van der Waals surface area contributed by atoms with E-state index in [1.165, 1.54) is 29.5 Å². The molecule has 3 aromatic rings. The third kappa shape index (κ3) is 4.99. The molecule has 0 saturated heterocycles. The van der Waals surface area contributed by atoms with Gasteiger partial charge in [0.05, 0.1) is 10.6 Å². The van der Waals surface area contributed by atoms with Crippen LogP contribution in [0.3, 0.4) is 0 Å². The Morgan fingerprint density at radius 1 is 1.15 bits per heavy atom. The van der Waals surface area contributed by atoms with Crippen molar-refractivity contribution in [1.82, 2.24) is 0 Å². The molecule has 0 N–H and O–H groups in total. The van der Waals surface area contributed by atoms with Gasteiger partial charge in [-0.05, 0) is 87.2 Å². The molecule has 0 bridgehead atoms. The number of anilines is 1. The number of rotatable bonds is 6. The van der Waals surface area contributed by atoms with Crippen LogP contribution >= 0.6 is 11.8 Å². The number of nitro groups is 1. The molecule has 1 aliphatic heterocycles. The van der Waals surface area contributed by atoms with Gasteiger partial charge in [0.2, 0.25) is 0 Å². The lowest BCUT2D eigenvalue weighted by Crippen LogP contribution is -2.48. The summed E-state index contributed by atoms with van der Waals surface area (Å²) in [6, 6.07) is 17.7. The zero-order valence-corrected chi connectivity index (χ0v) is 20.6. The van der Waals surface area contributed by atoms with Crippen LogP contribution in [0.4, 0.5) is 21.5 Å². The Bertz CT molecular complexity index is 1220. The second kappa shape index (κ2) is 9.58. The van der Waals surface area contributed by atoms with Crippen LogP contribution in [0.5, 0.6) is 0 Å². The molecule has 7 heteroatoms. The van der Waals surface area contributed by atoms with Crippen molar-refractivity contribution in [1.29, 1.82) is 0 Å². The second-order valence-electron chi connectivity index (χ2n) is 9.20. The maximum Gasteiger partial charge on any atom is 0.269 e. The maximum atomic E-state index is 15.0. The number of nitro benzene ring substituents is 1. The average Bonchev–Trinajstić information content (AvgIpc) is 2.79. The molecule has 0 aliphatic carbocycles. The number of halogens is 1. The van der Waals surface area contributed by atoms with Gasteiger partial charge >= 0.3 is 0 Å². The quantitative estimate of drug-likeness (QED) is 0.207. The largest absolute Gasteiger partial charge is 0.366 e. The number of aliphatic imine (C=N–C) groups is 1. The molecule has 1 unspecified atom stereocenters. The Morgan fingerprint density at radius 3 is 2.35 bits per heavy atom. The monoisotopic (exact) mass is 477 g/mol. The van der Waals surface area contributed by atoms with Gasteiger partial charge in [0.25, 0.3) is 5.69 Å². The summed E-state index contributed by atoms with van der Waals surface area (Å²) in [5, 5.41) is 10.8. The Hall–Kier alpha value is -3.19. The van der Waals surface area contributed by atoms with Crippen LogP contribution in [0, 0.1) is 15.9 Å². The van der Waals surface area contributed by atoms with Crippen LogP contribution in [0.25, 0.3) is 0 Å². The van der Waals surface area contributed by atoms with Gasteiger partial charge in [-0.2, -0.15) is 0 Å². The van der Waals surface area contributed by atoms with Crippen molar-refractivity contribution >= 4 is 35.0 Å². The number of benzene rings is 3. The van der Waals surface area contributed by atoms with E-state index in [4.69, 9.17) is 0 Å². The van der Waals surface area contributed by atoms with E-state index >= 15 is 0 Å². The van der Waals surface area contributed by atoms with Crippen LogP contribution < -0.4 is 4.90 Å². The molecule has 0 aromatic heterocycles. The highest BCUT2D eigenvalue weighted by Crippen LogP contribution is 2.44. The molecule has 0 saturated carbocycles. The molecule has 5 nitrogen and oxygen atoms in total. The summed E-state index contributed by atoms with van der Waals surface area (Å²) >= 11 is 1.51. The van der Waals surface area contributed by atoms with E-state index in [0.29, 0.717) is 11.5 Å². The summed E-state index contributed by atoms with van der Waals surface area (Å²) in [6.07, 6.45) is 2.61. The average molecular weight is 478 g/mol. The summed E-state index contributed by atoms with van der Waals surface area (Å²) in [4.78, 5) is 19.1. The Balaban J connectivity index is 1.50. The van der Waals surface area contributed by atoms with E-state index in [0.717, 1.165) is 34.1 Å². The molecule has 4 rings (SSSR count). The van der Waals surface area contributed by atoms with Crippen molar-refractivity contribution in [3.05, 3.63) is 87.7 Å². The Morgan fingerprint density at radius 2 is 1.76 bits per heavy atom. The topological polar surface area (TPSA) is 58.7 Å². The fourth-order valence-electron chi connectivity index (χ4n) is 4.73. The predicted molar refractivity (Wildman–Crippen MR) is 137 cm³/mol. The van der Waals surface area contributed by atoms with Crippen molar-refractivity contribution in [2.45, 2.75) is 55.4 Å². The van der Waals surface area contributed by atoms with Crippen molar-refractivity contribution in [3.8, 4) is 0 Å². The highest BCUT2D eigenvalue weighted by molar-refractivity contribution is 7.99. The minimum atomic E-state index is -0.409. The molecule has 0 spiro atoms. The van der Waals surface area contributed by atoms with E-state index in [1.807, 2.05) is 30.3 Å². The van der Waals surface area contributed by atoms with Crippen LogP contribution in [-0.2, 0) is 0 Å². The van der Waals surface area contributed by atoms with Gasteiger partial charge in [0.1, 0.15) is 5.82 Å². The predicted octanol–water partition coefficient (Wildman–Crippen LogP) is 7.75. The van der Waals surface area contributed by atoms with Gasteiger partial charge in [-0.1, -0.05) is 18.7 Å². The van der Waals surface area contributed by atoms with Gasteiger partial charge < -0.3 is 4.90 Å². The molecule has 0 radical (unpaired) electrons. The van der Waals surface area contributed by atoms with Gasteiger partial charge in [-0.15, -0.1) is 0 Å². The number of non-ortho nitro benzene ring substituents is 1. The molecule has 1 atom stereocenters. The first-order valence-corrected chi connectivity index (χ1v) is 12.2. The lowest BCUT2D eigenvalue weighted by atomic mass is 9.79. The minimum Gasteiger partial charge on any atom is -0.366 e. The SMILES string of the molecule is CCN1c2cc(F)c(C=Nc3ccc(Sc4ccc([N+](=O)[O-])cc4)cc3)cc2C(C)CC1(C)C. The van der Waals surface area contributed by atoms with E-state index in [-0.39, 0.29) is 17.0 Å². The maximum absolute atomic E-state index is 15.0. The summed E-state index contributed by atoms with van der Waals surface area (Å²) in [6.45, 7) is 9.58. The zero-order valence-electron chi connectivity index (χ0n) is 19.8. The van der Waals surface area contributed by atoms with Gasteiger partial charge in [0.15, 0.2) is 0 Å². The first kappa shape index (κ1) is 24.0. The minimum absolute atomic E-state index is 0.00254. The van der Waals surface area contributed by atoms with Crippen LogP contribution in [0.2, 0.25) is 0 Å². The number of fused-ring (bicyclic) bond motifs is 1. The fraction of sp³-hybridized carbons (Fsp3) is 0.296. The normalized spacial score (nSPS) is 17.1. The van der Waals surface area contributed by atoms with Gasteiger partial charge in [-0.3, -0.25) is 15.1 Å². The highest BCUT2D eigenvalue weighted by Gasteiger charge is 2.36. The Kier molecular flexibility index (Phi) is 6.75. The highest BCUT2D eigenvalue weighted by atomic mass is 32.2. The van der Waals surface area contributed by atoms with Crippen molar-refractivity contribution in [2.75, 3.05) is 11.4 Å². The smallest absolute Gasteiger partial charge is 0.269 e. The van der Waals surface area contributed by atoms with E-state index in [1.54, 1.807) is 24.4 Å². The summed E-state index contributed by atoms with van der Waals surface area (Å²) in [5.74, 6) is 0.0764. The lowest BCUT2D eigenvalue weighted by Gasteiger charge is -2.47. The first-order valence-electron chi connectivity index (χ1n) is 11.4. The lowest BCUT2D eigenvalue weighted by molar-refractivity contribution is -0.384. The molecule has 3 aromatic carbocycles. The third-order valence-corrected chi connectivity index (χ3v) is 7.31. The Labute approximate surface area is 203 Å². The standard InChI is InChI=1S/C27H28FN3O2S/c1-5-30-26-15-25(28)19(14-24(26)18(2)16-27(30,3)4)17-29-20-6-10-22(11-7-20)34-23-12-8-21(9-13-23)31(32)33/h6-15,17-18H,5,16H2,1-4H3. The summed E-state index contributed by atoms with van der Waals surface area (Å²) in [5.41, 5.74) is 3.44. The van der Waals surface area contributed by atoms with E-state index in [2.05, 4.69) is 37.6 Å². The summed E-state index contributed by atoms with van der Waals surface area (Å²) < 4.78 is 15.0.